The maximum atomic E-state index is 13.5. The molecule has 2 aromatic rings. The predicted molar refractivity (Wildman–Crippen MR) is 151 cm³/mol. The first kappa shape index (κ1) is 29.4. The largest absolute Gasteiger partial charge is 0.355 e. The van der Waals surface area contributed by atoms with Crippen LogP contribution in [0.25, 0.3) is 0 Å². The van der Waals surface area contributed by atoms with Crippen molar-refractivity contribution in [2.75, 3.05) is 5.32 Å². The highest BCUT2D eigenvalue weighted by atomic mass is 16.2. The second-order valence-corrected chi connectivity index (χ2v) is 9.88. The molecular weight excluding hydrogens is 446 g/mol. The minimum absolute atomic E-state index is 0.214. The number of amides is 2. The van der Waals surface area contributed by atoms with Gasteiger partial charge in [-0.1, -0.05) is 126 Å². The minimum Gasteiger partial charge on any atom is -0.355 e. The van der Waals surface area contributed by atoms with Crippen LogP contribution in [0, 0.1) is 0 Å². The van der Waals surface area contributed by atoms with Crippen molar-refractivity contribution in [3.8, 4) is 0 Å². The maximum Gasteiger partial charge on any atom is 0.266 e. The summed E-state index contributed by atoms with van der Waals surface area (Å²) in [4.78, 5) is 25.7. The number of rotatable bonds is 19. The zero-order valence-electron chi connectivity index (χ0n) is 22.5. The van der Waals surface area contributed by atoms with Crippen molar-refractivity contribution in [1.82, 2.24) is 10.6 Å². The van der Waals surface area contributed by atoms with Crippen LogP contribution in [0.1, 0.15) is 103 Å². The third-order valence-corrected chi connectivity index (χ3v) is 6.61. The fourth-order valence-corrected chi connectivity index (χ4v) is 4.61. The monoisotopic (exact) mass is 493 g/mol. The average molecular weight is 494 g/mol. The molecule has 0 aliphatic carbocycles. The van der Waals surface area contributed by atoms with Crippen LogP contribution in [0.4, 0.5) is 5.69 Å². The van der Waals surface area contributed by atoms with E-state index in [1.165, 1.54) is 64.7 Å². The number of nitrogens with one attached hydrogen (secondary N) is 3. The standard InChI is InChI=1S/C31H47N3O2/c1-3-4-5-6-7-8-9-10-11-12-13-20-25-31(33-27(2)35,34-29-23-18-15-19-24-29)30(36)32-26-28-21-16-14-17-22-28/h14-19,21-24,34H,3-13,20,25-26H2,1-2H3,(H,32,36)(H,33,35). The van der Waals surface area contributed by atoms with Crippen LogP contribution in [0.15, 0.2) is 60.7 Å². The molecule has 5 nitrogen and oxygen atoms in total. The molecule has 0 aromatic heterocycles. The van der Waals surface area contributed by atoms with Gasteiger partial charge in [-0.15, -0.1) is 0 Å². The molecule has 1 atom stereocenters. The molecule has 0 aliphatic heterocycles. The summed E-state index contributed by atoms with van der Waals surface area (Å²) in [5.41, 5.74) is 0.633. The molecule has 0 fully saturated rings. The lowest BCUT2D eigenvalue weighted by molar-refractivity contribution is -0.132. The number of benzene rings is 2. The topological polar surface area (TPSA) is 70.2 Å². The Hall–Kier alpha value is -2.82. The molecule has 0 saturated heterocycles. The molecule has 1 unspecified atom stereocenters. The van der Waals surface area contributed by atoms with Crippen LogP contribution in [0.3, 0.4) is 0 Å². The molecule has 2 amide bonds. The van der Waals surface area contributed by atoms with Gasteiger partial charge < -0.3 is 16.0 Å². The number of para-hydroxylation sites is 1. The van der Waals surface area contributed by atoms with Crippen LogP contribution in [0.2, 0.25) is 0 Å². The van der Waals surface area contributed by atoms with Gasteiger partial charge >= 0.3 is 0 Å². The lowest BCUT2D eigenvalue weighted by Gasteiger charge is -2.35. The van der Waals surface area contributed by atoms with Crippen LogP contribution in [-0.4, -0.2) is 17.5 Å². The van der Waals surface area contributed by atoms with Gasteiger partial charge in [0.15, 0.2) is 5.66 Å². The third kappa shape index (κ3) is 11.7. The highest BCUT2D eigenvalue weighted by Gasteiger charge is 2.38. The Labute approximate surface area is 218 Å². The second-order valence-electron chi connectivity index (χ2n) is 9.88. The number of unbranched alkanes of at least 4 members (excludes halogenated alkanes) is 11. The normalized spacial score (nSPS) is 12.5. The van der Waals surface area contributed by atoms with E-state index in [0.717, 1.165) is 30.5 Å². The smallest absolute Gasteiger partial charge is 0.266 e. The van der Waals surface area contributed by atoms with Crippen LogP contribution in [-0.2, 0) is 16.1 Å². The summed E-state index contributed by atoms with van der Waals surface area (Å²) < 4.78 is 0. The Bertz CT molecular complexity index is 857. The Kier molecular flexibility index (Phi) is 14.4. The number of carbonyl (C=O) groups is 2. The van der Waals surface area contributed by atoms with Crippen molar-refractivity contribution >= 4 is 17.5 Å². The van der Waals surface area contributed by atoms with Gasteiger partial charge in [-0.25, -0.2) is 0 Å². The zero-order chi connectivity index (χ0) is 25.9. The fourth-order valence-electron chi connectivity index (χ4n) is 4.61. The van der Waals surface area contributed by atoms with E-state index < -0.39 is 5.66 Å². The number of anilines is 1. The van der Waals surface area contributed by atoms with E-state index in [1.54, 1.807) is 0 Å². The van der Waals surface area contributed by atoms with Crippen molar-refractivity contribution < 1.29 is 9.59 Å². The first-order valence-corrected chi connectivity index (χ1v) is 14.0. The van der Waals surface area contributed by atoms with Crippen molar-refractivity contribution in [2.24, 2.45) is 0 Å². The Morgan fingerprint density at radius 3 is 1.72 bits per heavy atom. The molecule has 0 saturated carbocycles. The lowest BCUT2D eigenvalue weighted by atomic mass is 9.97. The number of carbonyl (C=O) groups excluding carboxylic acids is 2. The molecule has 0 heterocycles. The summed E-state index contributed by atoms with van der Waals surface area (Å²) in [6.45, 7) is 4.14. The average Bonchev–Trinajstić information content (AvgIpc) is 2.88. The summed E-state index contributed by atoms with van der Waals surface area (Å²) >= 11 is 0. The lowest BCUT2D eigenvalue weighted by Crippen LogP contribution is -2.63. The molecule has 5 heteroatoms. The summed E-state index contributed by atoms with van der Waals surface area (Å²) in [5, 5.41) is 9.35. The van der Waals surface area contributed by atoms with Crippen LogP contribution in [0.5, 0.6) is 0 Å². The summed E-state index contributed by atoms with van der Waals surface area (Å²) in [7, 11) is 0. The molecule has 3 N–H and O–H groups in total. The highest BCUT2D eigenvalue weighted by Crippen LogP contribution is 2.22. The van der Waals surface area contributed by atoms with Crippen LogP contribution >= 0.6 is 0 Å². The molecule has 0 bridgehead atoms. The van der Waals surface area contributed by atoms with E-state index in [1.807, 2.05) is 60.7 Å². The van der Waals surface area contributed by atoms with Gasteiger partial charge in [0.25, 0.3) is 5.91 Å². The highest BCUT2D eigenvalue weighted by molar-refractivity contribution is 5.93. The van der Waals surface area contributed by atoms with Crippen molar-refractivity contribution in [3.63, 3.8) is 0 Å². The van der Waals surface area contributed by atoms with Gasteiger partial charge in [-0.05, 0) is 30.5 Å². The van der Waals surface area contributed by atoms with Crippen molar-refractivity contribution in [3.05, 3.63) is 66.2 Å². The van der Waals surface area contributed by atoms with E-state index in [9.17, 15) is 9.59 Å². The number of hydrogen-bond acceptors (Lipinski definition) is 3. The van der Waals surface area contributed by atoms with Gasteiger partial charge in [0, 0.05) is 19.2 Å². The van der Waals surface area contributed by atoms with Gasteiger partial charge in [0.2, 0.25) is 5.91 Å². The Balaban J connectivity index is 1.89. The van der Waals surface area contributed by atoms with E-state index >= 15 is 0 Å². The fraction of sp³-hybridized carbons (Fsp3) is 0.548. The Morgan fingerprint density at radius 1 is 0.694 bits per heavy atom. The SMILES string of the molecule is CCCCCCCCCCCCCCC(NC(C)=O)(Nc1ccccc1)C(=O)NCc1ccccc1. The maximum absolute atomic E-state index is 13.5. The summed E-state index contributed by atoms with van der Waals surface area (Å²) in [6.07, 6.45) is 15.5. The third-order valence-electron chi connectivity index (χ3n) is 6.61. The molecular formula is C31H47N3O2. The quantitative estimate of drug-likeness (QED) is 0.142. The van der Waals surface area contributed by atoms with Crippen LogP contribution < -0.4 is 16.0 Å². The molecule has 0 aliphatic rings. The Morgan fingerprint density at radius 2 is 1.19 bits per heavy atom. The molecule has 198 valence electrons. The van der Waals surface area contributed by atoms with Crippen molar-refractivity contribution in [2.45, 2.75) is 110 Å². The van der Waals surface area contributed by atoms with E-state index in [-0.39, 0.29) is 11.8 Å². The number of hydrogen-bond donors (Lipinski definition) is 3. The van der Waals surface area contributed by atoms with Gasteiger partial charge in [0.05, 0.1) is 0 Å². The summed E-state index contributed by atoms with van der Waals surface area (Å²) in [5.74, 6) is -0.444. The second kappa shape index (κ2) is 17.6. The van der Waals surface area contributed by atoms with Gasteiger partial charge in [-0.3, -0.25) is 9.59 Å². The first-order chi connectivity index (χ1) is 17.6. The first-order valence-electron chi connectivity index (χ1n) is 14.0. The predicted octanol–water partition coefficient (Wildman–Crippen LogP) is 7.34. The zero-order valence-corrected chi connectivity index (χ0v) is 22.5. The van der Waals surface area contributed by atoms with E-state index in [4.69, 9.17) is 0 Å². The summed E-state index contributed by atoms with van der Waals surface area (Å²) in [6, 6.07) is 19.5. The van der Waals surface area contributed by atoms with Gasteiger partial charge in [-0.2, -0.15) is 0 Å². The molecule has 0 spiro atoms. The molecule has 2 aromatic carbocycles. The minimum atomic E-state index is -1.19. The van der Waals surface area contributed by atoms with E-state index in [0.29, 0.717) is 13.0 Å². The molecule has 0 radical (unpaired) electrons. The van der Waals surface area contributed by atoms with Gasteiger partial charge in [0.1, 0.15) is 0 Å². The van der Waals surface area contributed by atoms with E-state index in [2.05, 4.69) is 22.9 Å². The molecule has 36 heavy (non-hydrogen) atoms. The molecule has 2 rings (SSSR count). The van der Waals surface area contributed by atoms with Crippen molar-refractivity contribution in [1.29, 1.82) is 0 Å².